The number of hydrogen-bond donors (Lipinski definition) is 1. The van der Waals surface area contributed by atoms with E-state index in [2.05, 4.69) is 5.43 Å². The van der Waals surface area contributed by atoms with Crippen LogP contribution in [0, 0.1) is 5.82 Å². The van der Waals surface area contributed by atoms with Gasteiger partial charge in [-0.05, 0) is 30.2 Å². The van der Waals surface area contributed by atoms with Crippen molar-refractivity contribution in [3.05, 3.63) is 47.4 Å². The normalized spacial score (nSPS) is 20.4. The summed E-state index contributed by atoms with van der Waals surface area (Å²) in [5, 5.41) is 1.07. The zero-order chi connectivity index (χ0) is 14.0. The second-order valence-electron chi connectivity index (χ2n) is 4.38. The third kappa shape index (κ3) is 3.07. The second-order valence-corrected chi connectivity index (χ2v) is 4.38. The quantitative estimate of drug-likeness (QED) is 0.833. The Bertz CT molecular complexity index is 482. The molecule has 0 radical (unpaired) electrons. The van der Waals surface area contributed by atoms with Gasteiger partial charge in [-0.25, -0.2) is 9.82 Å². The molecule has 1 heterocycles. The van der Waals surface area contributed by atoms with E-state index in [1.165, 1.54) is 25.2 Å². The van der Waals surface area contributed by atoms with E-state index >= 15 is 0 Å². The molecule has 1 aromatic rings. The first kappa shape index (κ1) is 13.9. The molecule has 2 rings (SSSR count). The highest BCUT2D eigenvalue weighted by Crippen LogP contribution is 2.36. The highest BCUT2D eigenvalue weighted by molar-refractivity contribution is 5.28. The van der Waals surface area contributed by atoms with Crippen LogP contribution in [-0.4, -0.2) is 24.8 Å². The lowest BCUT2D eigenvalue weighted by molar-refractivity contribution is -0.118. The minimum atomic E-state index is -4.42. The molecular formula is C13H14F4N2. The van der Waals surface area contributed by atoms with Gasteiger partial charge in [0, 0.05) is 19.5 Å². The molecule has 1 aliphatic heterocycles. The topological polar surface area (TPSA) is 15.3 Å². The Morgan fingerprint density at radius 1 is 1.32 bits per heavy atom. The SMILES string of the molecule is CNN1CCC(c2cccc(F)c2)C=C1C(F)(F)F. The van der Waals surface area contributed by atoms with Crippen molar-refractivity contribution in [3.8, 4) is 0 Å². The highest BCUT2D eigenvalue weighted by Gasteiger charge is 2.40. The van der Waals surface area contributed by atoms with Crippen molar-refractivity contribution in [1.29, 1.82) is 0 Å². The maximum Gasteiger partial charge on any atom is 0.432 e. The molecule has 6 heteroatoms. The molecule has 0 aliphatic carbocycles. The molecule has 1 atom stereocenters. The Balaban J connectivity index is 2.34. The summed E-state index contributed by atoms with van der Waals surface area (Å²) in [5.41, 5.74) is 2.36. The van der Waals surface area contributed by atoms with E-state index in [0.717, 1.165) is 11.1 Å². The van der Waals surface area contributed by atoms with E-state index in [9.17, 15) is 17.6 Å². The zero-order valence-corrected chi connectivity index (χ0v) is 10.3. The summed E-state index contributed by atoms with van der Waals surface area (Å²) in [6.07, 6.45) is -2.77. The molecule has 1 unspecified atom stereocenters. The van der Waals surface area contributed by atoms with Crippen LogP contribution in [0.15, 0.2) is 36.0 Å². The second kappa shape index (κ2) is 5.21. The van der Waals surface area contributed by atoms with Gasteiger partial charge < -0.3 is 5.01 Å². The molecule has 0 fully saturated rings. The van der Waals surface area contributed by atoms with Crippen molar-refractivity contribution in [2.45, 2.75) is 18.5 Å². The van der Waals surface area contributed by atoms with Gasteiger partial charge in [0.05, 0.1) is 0 Å². The van der Waals surface area contributed by atoms with E-state index in [0.29, 0.717) is 12.0 Å². The van der Waals surface area contributed by atoms with Gasteiger partial charge in [-0.2, -0.15) is 13.2 Å². The van der Waals surface area contributed by atoms with Gasteiger partial charge in [-0.15, -0.1) is 0 Å². The van der Waals surface area contributed by atoms with E-state index in [1.807, 2.05) is 0 Å². The Kier molecular flexibility index (Phi) is 3.80. The standard InChI is InChI=1S/C13H14F4N2/c1-18-19-6-5-10(8-12(19)13(15,16)17)9-3-2-4-11(14)7-9/h2-4,7-8,10,18H,5-6H2,1H3. The van der Waals surface area contributed by atoms with E-state index < -0.39 is 23.6 Å². The van der Waals surface area contributed by atoms with E-state index in [1.54, 1.807) is 6.07 Å². The van der Waals surface area contributed by atoms with Crippen molar-refractivity contribution in [2.75, 3.05) is 13.6 Å². The molecule has 0 saturated heterocycles. The Labute approximate surface area is 108 Å². The lowest BCUT2D eigenvalue weighted by atomic mass is 9.92. The third-order valence-corrected chi connectivity index (χ3v) is 3.15. The smallest absolute Gasteiger partial charge is 0.305 e. The number of halogens is 4. The highest BCUT2D eigenvalue weighted by atomic mass is 19.4. The summed E-state index contributed by atoms with van der Waals surface area (Å²) in [4.78, 5) is 0. The van der Waals surface area contributed by atoms with Gasteiger partial charge >= 0.3 is 6.18 Å². The number of nitrogens with one attached hydrogen (secondary N) is 1. The fourth-order valence-electron chi connectivity index (χ4n) is 2.23. The number of nitrogens with zero attached hydrogens (tertiary/aromatic N) is 1. The zero-order valence-electron chi connectivity index (χ0n) is 10.3. The lowest BCUT2D eigenvalue weighted by Crippen LogP contribution is -2.43. The summed E-state index contributed by atoms with van der Waals surface area (Å²) >= 11 is 0. The first-order chi connectivity index (χ1) is 8.91. The first-order valence-electron chi connectivity index (χ1n) is 5.91. The van der Waals surface area contributed by atoms with Crippen LogP contribution in [-0.2, 0) is 0 Å². The molecule has 1 N–H and O–H groups in total. The monoisotopic (exact) mass is 274 g/mol. The van der Waals surface area contributed by atoms with Crippen molar-refractivity contribution < 1.29 is 17.6 Å². The first-order valence-corrected chi connectivity index (χ1v) is 5.91. The summed E-state index contributed by atoms with van der Waals surface area (Å²) in [6.45, 7) is 0.225. The van der Waals surface area contributed by atoms with Crippen LogP contribution >= 0.6 is 0 Å². The fraction of sp³-hybridized carbons (Fsp3) is 0.385. The fourth-order valence-corrected chi connectivity index (χ4v) is 2.23. The van der Waals surface area contributed by atoms with Gasteiger partial charge in [0.25, 0.3) is 0 Å². The number of hydrogen-bond acceptors (Lipinski definition) is 2. The Morgan fingerprint density at radius 3 is 2.63 bits per heavy atom. The molecule has 0 spiro atoms. The number of benzene rings is 1. The number of alkyl halides is 3. The van der Waals surface area contributed by atoms with Crippen molar-refractivity contribution >= 4 is 0 Å². The lowest BCUT2D eigenvalue weighted by Gasteiger charge is -2.34. The van der Waals surface area contributed by atoms with Gasteiger partial charge in [0.15, 0.2) is 0 Å². The molecule has 1 aliphatic rings. The molecule has 0 amide bonds. The molecule has 0 saturated carbocycles. The summed E-state index contributed by atoms with van der Waals surface area (Å²) in [6, 6.07) is 5.72. The summed E-state index contributed by atoms with van der Waals surface area (Å²) < 4.78 is 51.9. The van der Waals surface area contributed by atoms with Crippen molar-refractivity contribution in [1.82, 2.24) is 10.4 Å². The number of allylic oxidation sites excluding steroid dienone is 2. The minimum absolute atomic E-state index is 0.225. The predicted octanol–water partition coefficient (Wildman–Crippen LogP) is 3.20. The minimum Gasteiger partial charge on any atom is -0.305 e. The third-order valence-electron chi connectivity index (χ3n) is 3.15. The van der Waals surface area contributed by atoms with Crippen molar-refractivity contribution in [3.63, 3.8) is 0 Å². The van der Waals surface area contributed by atoms with Gasteiger partial charge in [-0.1, -0.05) is 12.1 Å². The maximum atomic E-state index is 13.1. The van der Waals surface area contributed by atoms with Crippen LogP contribution in [0.3, 0.4) is 0 Å². The average molecular weight is 274 g/mol. The van der Waals surface area contributed by atoms with Crippen LogP contribution < -0.4 is 5.43 Å². The average Bonchev–Trinajstić information content (AvgIpc) is 2.37. The number of rotatable bonds is 2. The van der Waals surface area contributed by atoms with E-state index in [4.69, 9.17) is 0 Å². The molecule has 0 bridgehead atoms. The van der Waals surface area contributed by atoms with Crippen LogP contribution in [0.4, 0.5) is 17.6 Å². The molecule has 2 nitrogen and oxygen atoms in total. The van der Waals surface area contributed by atoms with Crippen molar-refractivity contribution in [2.24, 2.45) is 0 Å². The summed E-state index contributed by atoms with van der Waals surface area (Å²) in [5.74, 6) is -0.854. The predicted molar refractivity (Wildman–Crippen MR) is 63.7 cm³/mol. The summed E-state index contributed by atoms with van der Waals surface area (Å²) in [7, 11) is 1.45. The number of hydrazine groups is 1. The van der Waals surface area contributed by atoms with Crippen LogP contribution in [0.2, 0.25) is 0 Å². The largest absolute Gasteiger partial charge is 0.432 e. The van der Waals surface area contributed by atoms with E-state index in [-0.39, 0.29) is 6.54 Å². The van der Waals surface area contributed by atoms with Crippen LogP contribution in [0.5, 0.6) is 0 Å². The molecule has 1 aromatic carbocycles. The molecule has 104 valence electrons. The Hall–Kier alpha value is -1.56. The molecule has 19 heavy (non-hydrogen) atoms. The van der Waals surface area contributed by atoms with Gasteiger partial charge in [-0.3, -0.25) is 0 Å². The maximum absolute atomic E-state index is 13.1. The molecule has 0 aromatic heterocycles. The Morgan fingerprint density at radius 2 is 2.05 bits per heavy atom. The van der Waals surface area contributed by atoms with Crippen LogP contribution in [0.25, 0.3) is 0 Å². The molecular weight excluding hydrogens is 260 g/mol. The van der Waals surface area contributed by atoms with Gasteiger partial charge in [0.2, 0.25) is 0 Å². The van der Waals surface area contributed by atoms with Gasteiger partial charge in [0.1, 0.15) is 11.5 Å². The van der Waals surface area contributed by atoms with Crippen LogP contribution in [0.1, 0.15) is 17.9 Å².